The summed E-state index contributed by atoms with van der Waals surface area (Å²) in [6.07, 6.45) is 17.6. The minimum Gasteiger partial charge on any atom is -0.256 e. The molecule has 2 aliphatic rings. The smallest absolute Gasteiger partial charge is 0.0701 e. The number of pyridine rings is 1. The predicted octanol–water partition coefficient (Wildman–Crippen LogP) is 5.55. The summed E-state index contributed by atoms with van der Waals surface area (Å²) < 4.78 is 0. The van der Waals surface area contributed by atoms with Gasteiger partial charge in [-0.05, 0) is 49.0 Å². The van der Waals surface area contributed by atoms with E-state index in [1.165, 1.54) is 62.6 Å². The van der Waals surface area contributed by atoms with Gasteiger partial charge in [0.1, 0.15) is 0 Å². The fourth-order valence-corrected chi connectivity index (χ4v) is 3.70. The maximum absolute atomic E-state index is 4.58. The van der Waals surface area contributed by atoms with Gasteiger partial charge in [-0.3, -0.25) is 4.98 Å². The van der Waals surface area contributed by atoms with Crippen LogP contribution in [0.2, 0.25) is 0 Å². The third-order valence-corrected chi connectivity index (χ3v) is 4.76. The van der Waals surface area contributed by atoms with Crippen LogP contribution in [0.4, 0.5) is 0 Å². The van der Waals surface area contributed by atoms with E-state index in [1.807, 2.05) is 12.3 Å². The lowest BCUT2D eigenvalue weighted by molar-refractivity contribution is 0.520. The van der Waals surface area contributed by atoms with Gasteiger partial charge < -0.3 is 0 Å². The Balaban J connectivity index is 1.86. The van der Waals surface area contributed by atoms with Gasteiger partial charge in [0.25, 0.3) is 0 Å². The lowest BCUT2D eigenvalue weighted by atomic mass is 9.88. The van der Waals surface area contributed by atoms with E-state index in [1.54, 1.807) is 5.57 Å². The number of unbranched alkanes of at least 4 members (excludes halogenated alkanes) is 2. The van der Waals surface area contributed by atoms with Gasteiger partial charge in [0.15, 0.2) is 0 Å². The second-order valence-electron chi connectivity index (χ2n) is 6.34. The van der Waals surface area contributed by atoms with Crippen molar-refractivity contribution >= 4 is 5.57 Å². The van der Waals surface area contributed by atoms with Gasteiger partial charge in [-0.1, -0.05) is 50.8 Å². The molecular formula is C19H25N. The topological polar surface area (TPSA) is 12.9 Å². The number of aromatic nitrogens is 1. The molecule has 2 aliphatic carbocycles. The molecule has 0 saturated heterocycles. The van der Waals surface area contributed by atoms with Gasteiger partial charge in [0, 0.05) is 11.6 Å². The molecule has 0 N–H and O–H groups in total. The molecule has 0 bridgehead atoms. The van der Waals surface area contributed by atoms with Crippen LogP contribution in [0.3, 0.4) is 0 Å². The van der Waals surface area contributed by atoms with Crippen LogP contribution in [0, 0.1) is 5.41 Å². The largest absolute Gasteiger partial charge is 0.256 e. The standard InChI is InChI=1S/C19H25N/c1-2-3-4-9-16-14-19(11-6-7-12-19)15-17(16)18-10-5-8-13-20-18/h5,8,10,13-15H,2-4,6-7,9,11-12H2,1H3. The zero-order chi connectivity index (χ0) is 13.8. The fourth-order valence-electron chi connectivity index (χ4n) is 3.70. The molecule has 0 unspecified atom stereocenters. The Morgan fingerprint density at radius 2 is 1.95 bits per heavy atom. The van der Waals surface area contributed by atoms with Crippen molar-refractivity contribution in [3.05, 3.63) is 47.8 Å². The lowest BCUT2D eigenvalue weighted by Crippen LogP contribution is -2.05. The molecule has 20 heavy (non-hydrogen) atoms. The molecule has 1 saturated carbocycles. The summed E-state index contributed by atoms with van der Waals surface area (Å²) in [4.78, 5) is 4.58. The van der Waals surface area contributed by atoms with E-state index in [0.29, 0.717) is 5.41 Å². The lowest BCUT2D eigenvalue weighted by Gasteiger charge is -2.16. The van der Waals surface area contributed by atoms with E-state index in [0.717, 1.165) is 0 Å². The molecular weight excluding hydrogens is 242 g/mol. The summed E-state index contributed by atoms with van der Waals surface area (Å²) in [5, 5.41) is 0. The molecule has 0 aliphatic heterocycles. The van der Waals surface area contributed by atoms with E-state index >= 15 is 0 Å². The minimum absolute atomic E-state index is 0.369. The van der Waals surface area contributed by atoms with Crippen molar-refractivity contribution in [1.29, 1.82) is 0 Å². The third-order valence-electron chi connectivity index (χ3n) is 4.76. The van der Waals surface area contributed by atoms with E-state index in [4.69, 9.17) is 0 Å². The van der Waals surface area contributed by atoms with Crippen molar-refractivity contribution in [3.63, 3.8) is 0 Å². The number of hydrogen-bond donors (Lipinski definition) is 0. The normalized spacial score (nSPS) is 20.2. The average Bonchev–Trinajstić information content (AvgIpc) is 3.08. The molecule has 0 atom stereocenters. The Bertz CT molecular complexity index is 504. The number of allylic oxidation sites excluding steroid dienone is 4. The van der Waals surface area contributed by atoms with Crippen molar-refractivity contribution in [2.45, 2.75) is 58.3 Å². The number of nitrogens with zero attached hydrogens (tertiary/aromatic N) is 1. The first-order chi connectivity index (χ1) is 9.83. The second-order valence-corrected chi connectivity index (χ2v) is 6.34. The quantitative estimate of drug-likeness (QED) is 0.638. The van der Waals surface area contributed by atoms with Crippen LogP contribution in [0.15, 0.2) is 42.1 Å². The molecule has 1 spiro atoms. The molecule has 0 amide bonds. The molecule has 1 aromatic heterocycles. The summed E-state index contributed by atoms with van der Waals surface area (Å²) in [6.45, 7) is 2.27. The molecule has 1 nitrogen and oxygen atoms in total. The predicted molar refractivity (Wildman–Crippen MR) is 85.3 cm³/mol. The number of hydrogen-bond acceptors (Lipinski definition) is 1. The van der Waals surface area contributed by atoms with Crippen LogP contribution in [-0.4, -0.2) is 4.98 Å². The highest BCUT2D eigenvalue weighted by atomic mass is 14.7. The minimum atomic E-state index is 0.369. The van der Waals surface area contributed by atoms with Gasteiger partial charge >= 0.3 is 0 Å². The highest BCUT2D eigenvalue weighted by Crippen LogP contribution is 2.49. The first-order valence-corrected chi connectivity index (χ1v) is 8.19. The Morgan fingerprint density at radius 3 is 2.65 bits per heavy atom. The van der Waals surface area contributed by atoms with Crippen LogP contribution >= 0.6 is 0 Å². The Hall–Kier alpha value is -1.37. The molecule has 0 aromatic carbocycles. The van der Waals surface area contributed by atoms with Crippen molar-refractivity contribution in [1.82, 2.24) is 4.98 Å². The Morgan fingerprint density at radius 1 is 1.10 bits per heavy atom. The summed E-state index contributed by atoms with van der Waals surface area (Å²) in [6, 6.07) is 6.27. The van der Waals surface area contributed by atoms with Crippen LogP contribution in [-0.2, 0) is 0 Å². The van der Waals surface area contributed by atoms with Crippen LogP contribution in [0.25, 0.3) is 5.57 Å². The van der Waals surface area contributed by atoms with E-state index < -0.39 is 0 Å². The van der Waals surface area contributed by atoms with Crippen molar-refractivity contribution < 1.29 is 0 Å². The molecule has 1 heterocycles. The first-order valence-electron chi connectivity index (χ1n) is 8.19. The zero-order valence-corrected chi connectivity index (χ0v) is 12.6. The SMILES string of the molecule is CCCCCC1=CC2(C=C1c1ccccn1)CCCC2. The Labute approximate surface area is 122 Å². The van der Waals surface area contributed by atoms with Gasteiger partial charge in [-0.25, -0.2) is 0 Å². The molecule has 1 heteroatoms. The van der Waals surface area contributed by atoms with Gasteiger partial charge in [0.2, 0.25) is 0 Å². The molecule has 1 aromatic rings. The zero-order valence-electron chi connectivity index (χ0n) is 12.6. The van der Waals surface area contributed by atoms with E-state index in [9.17, 15) is 0 Å². The average molecular weight is 267 g/mol. The summed E-state index contributed by atoms with van der Waals surface area (Å²) in [5.74, 6) is 0. The highest BCUT2D eigenvalue weighted by molar-refractivity contribution is 5.81. The Kier molecular flexibility index (Phi) is 4.05. The van der Waals surface area contributed by atoms with Crippen LogP contribution in [0.1, 0.15) is 64.0 Å². The van der Waals surface area contributed by atoms with Crippen LogP contribution < -0.4 is 0 Å². The van der Waals surface area contributed by atoms with Crippen molar-refractivity contribution in [3.8, 4) is 0 Å². The maximum atomic E-state index is 4.58. The van der Waals surface area contributed by atoms with Crippen LogP contribution in [0.5, 0.6) is 0 Å². The van der Waals surface area contributed by atoms with Gasteiger partial charge in [0.05, 0.1) is 5.69 Å². The first kappa shape index (κ1) is 13.6. The van der Waals surface area contributed by atoms with Crippen molar-refractivity contribution in [2.75, 3.05) is 0 Å². The molecule has 3 rings (SSSR count). The molecule has 0 radical (unpaired) electrons. The maximum Gasteiger partial charge on any atom is 0.0701 e. The second kappa shape index (κ2) is 5.95. The van der Waals surface area contributed by atoms with Gasteiger partial charge in [-0.15, -0.1) is 0 Å². The highest BCUT2D eigenvalue weighted by Gasteiger charge is 2.35. The molecule has 1 fully saturated rings. The monoisotopic (exact) mass is 267 g/mol. The fraction of sp³-hybridized carbons (Fsp3) is 0.526. The van der Waals surface area contributed by atoms with E-state index in [2.05, 4.69) is 36.2 Å². The summed E-state index contributed by atoms with van der Waals surface area (Å²) >= 11 is 0. The third kappa shape index (κ3) is 2.72. The van der Waals surface area contributed by atoms with E-state index in [-0.39, 0.29) is 0 Å². The number of rotatable bonds is 5. The molecule has 106 valence electrons. The van der Waals surface area contributed by atoms with Crippen molar-refractivity contribution in [2.24, 2.45) is 5.41 Å². The summed E-state index contributed by atoms with van der Waals surface area (Å²) in [7, 11) is 0. The van der Waals surface area contributed by atoms with Gasteiger partial charge in [-0.2, -0.15) is 0 Å². The summed E-state index contributed by atoms with van der Waals surface area (Å²) in [5.41, 5.74) is 4.51.